The lowest BCUT2D eigenvalue weighted by atomic mass is 9.82. The average Bonchev–Trinajstić information content (AvgIpc) is 2.76. The molecule has 0 unspecified atom stereocenters. The molecule has 0 amide bonds. The lowest BCUT2D eigenvalue weighted by molar-refractivity contribution is -0.162. The van der Waals surface area contributed by atoms with Gasteiger partial charge < -0.3 is 9.84 Å². The van der Waals surface area contributed by atoms with Gasteiger partial charge in [0.15, 0.2) is 0 Å². The van der Waals surface area contributed by atoms with Crippen molar-refractivity contribution in [2.75, 3.05) is 0 Å². The van der Waals surface area contributed by atoms with Gasteiger partial charge in [-0.15, -0.1) is 0 Å². The lowest BCUT2D eigenvalue weighted by Crippen LogP contribution is -2.40. The van der Waals surface area contributed by atoms with Crippen molar-refractivity contribution in [1.82, 2.24) is 0 Å². The molecule has 0 aliphatic heterocycles. The number of carbonyl (C=O) groups is 1. The first-order valence-electron chi connectivity index (χ1n) is 7.08. The fraction of sp³-hybridized carbons (Fsp3) is 0.688. The lowest BCUT2D eigenvalue weighted by Gasteiger charge is -2.32. The van der Waals surface area contributed by atoms with E-state index in [1.165, 1.54) is 5.56 Å². The summed E-state index contributed by atoms with van der Waals surface area (Å²) in [5.74, 6) is -0.326. The van der Waals surface area contributed by atoms with Crippen molar-refractivity contribution in [2.45, 2.75) is 65.1 Å². The van der Waals surface area contributed by atoms with Gasteiger partial charge in [-0.3, -0.25) is 4.79 Å². The summed E-state index contributed by atoms with van der Waals surface area (Å²) >= 11 is 1.65. The number of rotatable bonds is 6. The molecular weight excluding hydrogens is 272 g/mol. The van der Waals surface area contributed by atoms with Gasteiger partial charge in [0.1, 0.15) is 5.60 Å². The molecule has 0 aliphatic rings. The molecule has 20 heavy (non-hydrogen) atoms. The summed E-state index contributed by atoms with van der Waals surface area (Å²) in [6.45, 7) is 9.40. The number of thiophene rings is 1. The van der Waals surface area contributed by atoms with Crippen LogP contribution in [0.2, 0.25) is 0 Å². The van der Waals surface area contributed by atoms with E-state index in [0.717, 1.165) is 6.42 Å². The molecule has 0 fully saturated rings. The molecule has 1 atom stereocenters. The van der Waals surface area contributed by atoms with E-state index in [0.29, 0.717) is 6.42 Å². The van der Waals surface area contributed by atoms with Crippen LogP contribution in [0.3, 0.4) is 0 Å². The predicted molar refractivity (Wildman–Crippen MR) is 82.9 cm³/mol. The first-order chi connectivity index (χ1) is 9.12. The van der Waals surface area contributed by atoms with Gasteiger partial charge in [0.2, 0.25) is 0 Å². The summed E-state index contributed by atoms with van der Waals surface area (Å²) in [6.07, 6.45) is 1.40. The smallest absolute Gasteiger partial charge is 0.309 e. The average molecular weight is 298 g/mol. The monoisotopic (exact) mass is 298 g/mol. The molecule has 0 aromatic carbocycles. The Morgan fingerprint density at radius 1 is 1.40 bits per heavy atom. The highest BCUT2D eigenvalue weighted by Gasteiger charge is 2.35. The number of aliphatic hydroxyl groups is 1. The molecule has 0 bridgehead atoms. The molecule has 0 saturated heterocycles. The third kappa shape index (κ3) is 5.63. The molecule has 1 N–H and O–H groups in total. The van der Waals surface area contributed by atoms with Crippen LogP contribution in [0.25, 0.3) is 0 Å². The van der Waals surface area contributed by atoms with Gasteiger partial charge in [0.25, 0.3) is 0 Å². The summed E-state index contributed by atoms with van der Waals surface area (Å²) in [5.41, 5.74) is -0.315. The highest BCUT2D eigenvalue weighted by atomic mass is 32.1. The first kappa shape index (κ1) is 17.2. The number of hydrogen-bond acceptors (Lipinski definition) is 4. The molecule has 1 rings (SSSR count). The van der Waals surface area contributed by atoms with Gasteiger partial charge in [-0.2, -0.15) is 11.3 Å². The van der Waals surface area contributed by atoms with E-state index in [9.17, 15) is 9.90 Å². The molecule has 1 aromatic heterocycles. The van der Waals surface area contributed by atoms with E-state index >= 15 is 0 Å². The molecule has 0 radical (unpaired) electrons. The molecule has 0 spiro atoms. The van der Waals surface area contributed by atoms with Crippen LogP contribution in [0.5, 0.6) is 0 Å². The maximum atomic E-state index is 12.0. The topological polar surface area (TPSA) is 46.5 Å². The highest BCUT2D eigenvalue weighted by molar-refractivity contribution is 7.07. The van der Waals surface area contributed by atoms with Gasteiger partial charge in [-0.25, -0.2) is 0 Å². The van der Waals surface area contributed by atoms with Crippen molar-refractivity contribution < 1.29 is 14.6 Å². The van der Waals surface area contributed by atoms with Crippen LogP contribution in [0, 0.1) is 5.92 Å². The Balaban J connectivity index is 2.64. The number of hydrogen-bond donors (Lipinski definition) is 1. The normalized spacial score (nSPS) is 15.2. The van der Waals surface area contributed by atoms with Gasteiger partial charge in [-0.05, 0) is 61.9 Å². The van der Waals surface area contributed by atoms with Crippen LogP contribution >= 0.6 is 11.3 Å². The maximum Gasteiger partial charge on any atom is 0.309 e. The zero-order valence-electron chi connectivity index (χ0n) is 13.1. The Morgan fingerprint density at radius 3 is 2.50 bits per heavy atom. The summed E-state index contributed by atoms with van der Waals surface area (Å²) in [5, 5.41) is 14.9. The van der Waals surface area contributed by atoms with Gasteiger partial charge >= 0.3 is 5.97 Å². The Morgan fingerprint density at radius 2 is 2.05 bits per heavy atom. The van der Waals surface area contributed by atoms with Gasteiger partial charge in [0.05, 0.1) is 12.0 Å². The van der Waals surface area contributed by atoms with E-state index in [1.54, 1.807) is 11.3 Å². The number of aryl methyl sites for hydroxylation is 1. The van der Waals surface area contributed by atoms with E-state index < -0.39 is 11.2 Å². The fourth-order valence-corrected chi connectivity index (χ4v) is 2.71. The Hall–Kier alpha value is -0.870. The zero-order chi connectivity index (χ0) is 15.4. The van der Waals surface area contributed by atoms with Crippen LogP contribution in [-0.2, 0) is 16.0 Å². The SMILES string of the molecule is CC(C)[C@@](O)(CCc1ccsc1)CC(=O)OC(C)(C)C. The van der Waals surface area contributed by atoms with Crippen LogP contribution < -0.4 is 0 Å². The number of ether oxygens (including phenoxy) is 1. The fourth-order valence-electron chi connectivity index (χ4n) is 2.00. The Labute approximate surface area is 126 Å². The summed E-state index contributed by atoms with van der Waals surface area (Å²) in [6, 6.07) is 2.05. The first-order valence-corrected chi connectivity index (χ1v) is 8.02. The molecule has 1 aromatic rings. The Kier molecular flexibility index (Phi) is 5.78. The molecule has 1 heterocycles. The third-order valence-corrected chi connectivity index (χ3v) is 4.10. The van der Waals surface area contributed by atoms with Crippen molar-refractivity contribution in [1.29, 1.82) is 0 Å². The largest absolute Gasteiger partial charge is 0.460 e. The summed E-state index contributed by atoms with van der Waals surface area (Å²) < 4.78 is 5.32. The van der Waals surface area contributed by atoms with E-state index in [2.05, 4.69) is 11.4 Å². The molecule has 3 nitrogen and oxygen atoms in total. The number of carbonyl (C=O) groups excluding carboxylic acids is 1. The van der Waals surface area contributed by atoms with Crippen molar-refractivity contribution >= 4 is 17.3 Å². The van der Waals surface area contributed by atoms with Crippen LogP contribution in [0.15, 0.2) is 16.8 Å². The quantitative estimate of drug-likeness (QED) is 0.813. The third-order valence-electron chi connectivity index (χ3n) is 3.37. The molecule has 114 valence electrons. The molecule has 0 saturated carbocycles. The van der Waals surface area contributed by atoms with Gasteiger partial charge in [0, 0.05) is 0 Å². The second kappa shape index (κ2) is 6.72. The van der Waals surface area contributed by atoms with E-state index in [4.69, 9.17) is 4.74 Å². The standard InChI is InChI=1S/C16H26O3S/c1-12(2)16(18,8-6-13-7-9-20-11-13)10-14(17)19-15(3,4)5/h7,9,11-12,18H,6,8,10H2,1-5H3/t16-/m1/s1. The van der Waals surface area contributed by atoms with E-state index in [1.807, 2.05) is 40.0 Å². The van der Waals surface area contributed by atoms with Crippen molar-refractivity contribution in [3.8, 4) is 0 Å². The van der Waals surface area contributed by atoms with Crippen molar-refractivity contribution in [3.05, 3.63) is 22.4 Å². The summed E-state index contributed by atoms with van der Waals surface area (Å²) in [4.78, 5) is 12.0. The van der Waals surface area contributed by atoms with Crippen LogP contribution in [0.1, 0.15) is 53.0 Å². The van der Waals surface area contributed by atoms with Crippen LogP contribution in [0.4, 0.5) is 0 Å². The predicted octanol–water partition coefficient (Wildman–Crippen LogP) is 3.80. The minimum Gasteiger partial charge on any atom is -0.460 e. The van der Waals surface area contributed by atoms with Crippen molar-refractivity contribution in [3.63, 3.8) is 0 Å². The number of esters is 1. The molecule has 4 heteroatoms. The van der Waals surface area contributed by atoms with E-state index in [-0.39, 0.29) is 18.3 Å². The van der Waals surface area contributed by atoms with Crippen LogP contribution in [-0.4, -0.2) is 22.3 Å². The zero-order valence-corrected chi connectivity index (χ0v) is 13.9. The summed E-state index contributed by atoms with van der Waals surface area (Å²) in [7, 11) is 0. The molecular formula is C16H26O3S. The highest BCUT2D eigenvalue weighted by Crippen LogP contribution is 2.28. The maximum absolute atomic E-state index is 12.0. The van der Waals surface area contributed by atoms with Gasteiger partial charge in [-0.1, -0.05) is 13.8 Å². The van der Waals surface area contributed by atoms with Crippen molar-refractivity contribution in [2.24, 2.45) is 5.92 Å². The second-order valence-electron chi connectivity index (χ2n) is 6.65. The Bertz CT molecular complexity index is 417. The second-order valence-corrected chi connectivity index (χ2v) is 7.43. The minimum atomic E-state index is -1.01. The molecule has 0 aliphatic carbocycles. The minimum absolute atomic E-state index is 0.00801.